The fourth-order valence-electron chi connectivity index (χ4n) is 11.8. The van der Waals surface area contributed by atoms with Crippen LogP contribution >= 0.6 is 0 Å². The van der Waals surface area contributed by atoms with Crippen LogP contribution in [0.5, 0.6) is 0 Å². The largest absolute Gasteiger partial charge is 0.456 e. The number of nitrogens with zero attached hydrogens (tertiary/aromatic N) is 3. The van der Waals surface area contributed by atoms with Gasteiger partial charge in [0.1, 0.15) is 22.3 Å². The molecule has 0 saturated carbocycles. The third-order valence-electron chi connectivity index (χ3n) is 15.3. The number of fused-ring (bicyclic) bond motifs is 9. The van der Waals surface area contributed by atoms with Crippen LogP contribution in [0.4, 0.5) is 0 Å². The van der Waals surface area contributed by atoms with Gasteiger partial charge in [-0.3, -0.25) is 0 Å². The van der Waals surface area contributed by atoms with Crippen molar-refractivity contribution in [2.24, 2.45) is 0 Å². The van der Waals surface area contributed by atoms with Crippen LogP contribution in [0.25, 0.3) is 123 Å². The van der Waals surface area contributed by atoms with Gasteiger partial charge in [0.2, 0.25) is 0 Å². The lowest BCUT2D eigenvalue weighted by Crippen LogP contribution is -2.28. The van der Waals surface area contributed by atoms with E-state index in [9.17, 15) is 0 Å². The van der Waals surface area contributed by atoms with E-state index in [-0.39, 0.29) is 0 Å². The van der Waals surface area contributed by atoms with Gasteiger partial charge in [-0.1, -0.05) is 218 Å². The van der Waals surface area contributed by atoms with Crippen molar-refractivity contribution >= 4 is 43.9 Å². The average Bonchev–Trinajstić information content (AvgIpc) is 4.17. The van der Waals surface area contributed by atoms with Gasteiger partial charge in [0.25, 0.3) is 0 Å². The highest BCUT2D eigenvalue weighted by Gasteiger charge is 2.46. The van der Waals surface area contributed by atoms with Crippen LogP contribution < -0.4 is 0 Å². The summed E-state index contributed by atoms with van der Waals surface area (Å²) in [5, 5.41) is 3.97. The Morgan fingerprint density at radius 3 is 1.55 bits per heavy atom. The molecule has 11 aromatic carbocycles. The summed E-state index contributed by atoms with van der Waals surface area (Å²) in [5.74, 6) is 1.62. The molecule has 5 heteroatoms. The zero-order chi connectivity index (χ0) is 49.5. The molecule has 15 rings (SSSR count). The van der Waals surface area contributed by atoms with Gasteiger partial charge in [0.15, 0.2) is 17.5 Å². The first-order valence-electron chi connectivity index (χ1n) is 25.4. The first kappa shape index (κ1) is 42.7. The van der Waals surface area contributed by atoms with Crippen molar-refractivity contribution in [2.75, 3.05) is 0 Å². The molecule has 0 fully saturated rings. The Kier molecular flexibility index (Phi) is 9.72. The van der Waals surface area contributed by atoms with E-state index in [0.717, 1.165) is 88.4 Å². The van der Waals surface area contributed by atoms with E-state index in [4.69, 9.17) is 23.8 Å². The molecule has 0 amide bonds. The van der Waals surface area contributed by atoms with Gasteiger partial charge in [-0.15, -0.1) is 0 Å². The van der Waals surface area contributed by atoms with Crippen molar-refractivity contribution in [3.05, 3.63) is 283 Å². The Bertz CT molecular complexity index is 4480. The lowest BCUT2D eigenvalue weighted by atomic mass is 9.67. The molecule has 1 aliphatic rings. The Labute approximate surface area is 432 Å². The number of rotatable bonds is 8. The van der Waals surface area contributed by atoms with E-state index in [1.54, 1.807) is 0 Å². The SMILES string of the molecule is c1ccc(-c2cccc(-c3nc(-c4cccc5c4oc4ccccc45)nc(-c4cccc5oc6ccc(-c7ccc(-c8ccc9c(c8)C(c8ccccc8)(c8ccccc8)c8ccccc8-9)cc7)cc6c45)n3)c2)cc1. The fourth-order valence-corrected chi connectivity index (χ4v) is 11.8. The lowest BCUT2D eigenvalue weighted by Gasteiger charge is -2.34. The van der Waals surface area contributed by atoms with E-state index in [1.165, 1.54) is 38.9 Å². The molecular weight excluding hydrogens is 915 g/mol. The summed E-state index contributed by atoms with van der Waals surface area (Å²) in [6.07, 6.45) is 0. The molecule has 0 N–H and O–H groups in total. The van der Waals surface area contributed by atoms with Gasteiger partial charge in [-0.05, 0) is 109 Å². The molecule has 350 valence electrons. The monoisotopic (exact) mass is 957 g/mol. The maximum atomic E-state index is 6.62. The van der Waals surface area contributed by atoms with Crippen LogP contribution in [0, 0.1) is 0 Å². The van der Waals surface area contributed by atoms with E-state index in [0.29, 0.717) is 17.5 Å². The number of para-hydroxylation sites is 2. The Morgan fingerprint density at radius 2 is 0.760 bits per heavy atom. The van der Waals surface area contributed by atoms with Crippen LogP contribution in [0.1, 0.15) is 22.3 Å². The lowest BCUT2D eigenvalue weighted by molar-refractivity contribution is 0.668. The van der Waals surface area contributed by atoms with Gasteiger partial charge in [-0.25, -0.2) is 15.0 Å². The minimum Gasteiger partial charge on any atom is -0.456 e. The van der Waals surface area contributed by atoms with Gasteiger partial charge >= 0.3 is 0 Å². The van der Waals surface area contributed by atoms with Gasteiger partial charge in [0, 0.05) is 32.7 Å². The first-order valence-corrected chi connectivity index (χ1v) is 25.4. The summed E-state index contributed by atoms with van der Waals surface area (Å²) in [5.41, 5.74) is 19.5. The smallest absolute Gasteiger partial charge is 0.167 e. The highest BCUT2D eigenvalue weighted by Crippen LogP contribution is 2.57. The summed E-state index contributed by atoms with van der Waals surface area (Å²) in [7, 11) is 0. The maximum Gasteiger partial charge on any atom is 0.167 e. The van der Waals surface area contributed by atoms with Gasteiger partial charge in [-0.2, -0.15) is 0 Å². The number of aromatic nitrogens is 3. The second-order valence-electron chi connectivity index (χ2n) is 19.4. The molecule has 3 heterocycles. The topological polar surface area (TPSA) is 65.0 Å². The number of hydrogen-bond acceptors (Lipinski definition) is 5. The van der Waals surface area contributed by atoms with Crippen molar-refractivity contribution in [3.8, 4) is 78.7 Å². The Hall–Kier alpha value is -9.97. The van der Waals surface area contributed by atoms with Crippen LogP contribution in [0.2, 0.25) is 0 Å². The zero-order valence-corrected chi connectivity index (χ0v) is 40.5. The number of hydrogen-bond donors (Lipinski definition) is 0. The number of furan rings is 2. The third-order valence-corrected chi connectivity index (χ3v) is 15.3. The molecule has 75 heavy (non-hydrogen) atoms. The fraction of sp³-hybridized carbons (Fsp3) is 0.0143. The van der Waals surface area contributed by atoms with E-state index >= 15 is 0 Å². The zero-order valence-electron chi connectivity index (χ0n) is 40.5. The van der Waals surface area contributed by atoms with E-state index < -0.39 is 5.41 Å². The quantitative estimate of drug-likeness (QED) is 0.152. The van der Waals surface area contributed by atoms with Crippen molar-refractivity contribution in [1.29, 1.82) is 0 Å². The van der Waals surface area contributed by atoms with Crippen molar-refractivity contribution < 1.29 is 8.83 Å². The van der Waals surface area contributed by atoms with Crippen molar-refractivity contribution in [1.82, 2.24) is 15.0 Å². The molecule has 0 atom stereocenters. The van der Waals surface area contributed by atoms with Gasteiger partial charge in [0.05, 0.1) is 11.0 Å². The summed E-state index contributed by atoms with van der Waals surface area (Å²) >= 11 is 0. The summed E-state index contributed by atoms with van der Waals surface area (Å²) < 4.78 is 13.2. The Morgan fingerprint density at radius 1 is 0.267 bits per heavy atom. The molecule has 0 bridgehead atoms. The Balaban J connectivity index is 0.847. The molecule has 14 aromatic rings. The molecular formula is C70H43N3O2. The molecule has 0 aliphatic heterocycles. The van der Waals surface area contributed by atoms with Crippen molar-refractivity contribution in [3.63, 3.8) is 0 Å². The predicted molar refractivity (Wildman–Crippen MR) is 304 cm³/mol. The van der Waals surface area contributed by atoms with Crippen LogP contribution in [0.15, 0.2) is 270 Å². The molecule has 0 unspecified atom stereocenters. The van der Waals surface area contributed by atoms with Gasteiger partial charge < -0.3 is 8.83 Å². The number of benzene rings is 11. The second-order valence-corrected chi connectivity index (χ2v) is 19.4. The molecule has 0 spiro atoms. The minimum atomic E-state index is -0.466. The molecule has 5 nitrogen and oxygen atoms in total. The van der Waals surface area contributed by atoms with E-state index in [2.05, 4.69) is 212 Å². The summed E-state index contributed by atoms with van der Waals surface area (Å²) in [4.78, 5) is 15.8. The normalized spacial score (nSPS) is 12.6. The van der Waals surface area contributed by atoms with E-state index in [1.807, 2.05) is 48.5 Å². The molecule has 3 aromatic heterocycles. The standard InChI is InChI=1S/C70H43N3O2/c1-4-17-44(18-5-1)47-19-14-20-50(41-47)67-71-68(73-69(72-67)58-29-15-27-56-55-26-11-13-31-62(55)75-66(56)58)57-28-16-32-64-65(57)59-42-48(38-40-63(59)74-64)45-33-35-46(36-34-45)49-37-39-54-53-25-10-12-30-60(53)70(61(54)43-49,51-21-6-2-7-22-51)52-23-8-3-9-24-52/h1-43H. The molecule has 0 saturated heterocycles. The highest BCUT2D eigenvalue weighted by molar-refractivity contribution is 6.13. The summed E-state index contributed by atoms with van der Waals surface area (Å²) in [6, 6.07) is 92.5. The third kappa shape index (κ3) is 6.82. The average molecular weight is 958 g/mol. The molecule has 1 aliphatic carbocycles. The highest BCUT2D eigenvalue weighted by atomic mass is 16.3. The maximum absolute atomic E-state index is 6.62. The first-order chi connectivity index (χ1) is 37.2. The van der Waals surface area contributed by atoms with Crippen LogP contribution in [-0.2, 0) is 5.41 Å². The molecule has 0 radical (unpaired) electrons. The van der Waals surface area contributed by atoms with Crippen LogP contribution in [0.3, 0.4) is 0 Å². The minimum absolute atomic E-state index is 0.466. The van der Waals surface area contributed by atoms with Crippen molar-refractivity contribution in [2.45, 2.75) is 5.41 Å². The summed E-state index contributed by atoms with van der Waals surface area (Å²) in [6.45, 7) is 0. The van der Waals surface area contributed by atoms with Crippen LogP contribution in [-0.4, -0.2) is 15.0 Å². The second kappa shape index (κ2) is 17.1. The predicted octanol–water partition coefficient (Wildman–Crippen LogP) is 18.0.